The van der Waals surface area contributed by atoms with Crippen LogP contribution in [0.1, 0.15) is 46.3 Å². The van der Waals surface area contributed by atoms with Crippen molar-refractivity contribution >= 4 is 33.6 Å². The van der Waals surface area contributed by atoms with E-state index in [0.717, 1.165) is 47.8 Å². The Kier molecular flexibility index (Phi) is 5.95. The van der Waals surface area contributed by atoms with Gasteiger partial charge in [0.2, 0.25) is 0 Å². The van der Waals surface area contributed by atoms with Crippen LogP contribution in [0.3, 0.4) is 0 Å². The van der Waals surface area contributed by atoms with Crippen LogP contribution in [0.2, 0.25) is 0 Å². The zero-order valence-electron chi connectivity index (χ0n) is 21.4. The molecule has 0 fully saturated rings. The number of carbonyl (C=O) groups excluding carboxylic acids is 2. The smallest absolute Gasteiger partial charge is 0.356 e. The van der Waals surface area contributed by atoms with Gasteiger partial charge in [-0.3, -0.25) is 14.2 Å². The molecule has 1 aliphatic carbocycles. The normalized spacial score (nSPS) is 13.8. The minimum atomic E-state index is -1.05. The molecule has 0 bridgehead atoms. The Balaban J connectivity index is 1.44. The average Bonchev–Trinajstić information content (AvgIpc) is 3.29. The summed E-state index contributed by atoms with van der Waals surface area (Å²) in [5.41, 5.74) is 4.29. The molecule has 5 aromatic rings. The fourth-order valence-electron chi connectivity index (χ4n) is 5.80. The highest BCUT2D eigenvalue weighted by Gasteiger charge is 2.30. The molecule has 6 rings (SSSR count). The molecule has 38 heavy (non-hydrogen) atoms. The molecule has 3 aromatic carbocycles. The summed E-state index contributed by atoms with van der Waals surface area (Å²) in [5, 5.41) is 2.26. The number of hydrogen-bond donors (Lipinski definition) is 0. The molecule has 0 amide bonds. The molecule has 2 aromatic heterocycles. The van der Waals surface area contributed by atoms with Gasteiger partial charge in [-0.05, 0) is 61.3 Å². The van der Waals surface area contributed by atoms with Crippen molar-refractivity contribution in [2.45, 2.75) is 38.7 Å². The van der Waals surface area contributed by atoms with Gasteiger partial charge in [0.05, 0.1) is 5.52 Å². The molecule has 0 N–H and O–H groups in total. The quantitative estimate of drug-likeness (QED) is 0.285. The van der Waals surface area contributed by atoms with Crippen LogP contribution in [0.25, 0.3) is 32.8 Å². The van der Waals surface area contributed by atoms with Gasteiger partial charge in [0.15, 0.2) is 6.10 Å². The van der Waals surface area contributed by atoms with E-state index in [1.165, 1.54) is 10.1 Å². The molecule has 0 saturated carbocycles. The van der Waals surface area contributed by atoms with E-state index in [1.807, 2.05) is 60.7 Å². The zero-order chi connectivity index (χ0) is 26.4. The predicted molar refractivity (Wildman–Crippen MR) is 149 cm³/mol. The minimum absolute atomic E-state index is 0.124. The molecule has 0 radical (unpaired) electrons. The van der Waals surface area contributed by atoms with Crippen molar-refractivity contribution < 1.29 is 14.3 Å². The predicted octanol–water partition coefficient (Wildman–Crippen LogP) is 5.92. The number of aryl methyl sites for hydroxylation is 1. The van der Waals surface area contributed by atoms with Crippen LogP contribution >= 0.6 is 0 Å². The third kappa shape index (κ3) is 3.76. The van der Waals surface area contributed by atoms with Gasteiger partial charge in [-0.2, -0.15) is 0 Å². The first kappa shape index (κ1) is 23.9. The molecule has 0 aliphatic heterocycles. The van der Waals surface area contributed by atoms with E-state index in [4.69, 9.17) is 4.74 Å². The topological polar surface area (TPSA) is 70.3 Å². The first-order chi connectivity index (χ1) is 18.5. The minimum Gasteiger partial charge on any atom is -0.448 e. The fraction of sp³-hybridized carbons (Fsp3) is 0.219. The Morgan fingerprint density at radius 3 is 2.21 bits per heavy atom. The number of pyridine rings is 1. The van der Waals surface area contributed by atoms with Crippen molar-refractivity contribution in [3.63, 3.8) is 0 Å². The number of fused-ring (bicyclic) bond motifs is 4. The van der Waals surface area contributed by atoms with E-state index in [9.17, 15) is 14.4 Å². The maximum absolute atomic E-state index is 13.8. The summed E-state index contributed by atoms with van der Waals surface area (Å²) in [6.07, 6.45) is 2.81. The van der Waals surface area contributed by atoms with E-state index >= 15 is 0 Å². The Labute approximate surface area is 220 Å². The molecule has 6 heteroatoms. The number of aromatic nitrogens is 2. The maximum atomic E-state index is 13.8. The van der Waals surface area contributed by atoms with Gasteiger partial charge in [-0.15, -0.1) is 0 Å². The number of para-hydroxylation sites is 1. The van der Waals surface area contributed by atoms with Gasteiger partial charge in [0.25, 0.3) is 11.5 Å². The molecular formula is C32H28N2O4. The highest BCUT2D eigenvalue weighted by atomic mass is 16.5. The number of benzene rings is 3. The SMILES string of the molecule is CC(OC(=O)c1c(-c2ccccc2)c2ccccc2c(=O)n1C)C(=O)n1c2c(c3ccccc31)CCCC2. The van der Waals surface area contributed by atoms with E-state index < -0.39 is 12.1 Å². The molecular weight excluding hydrogens is 476 g/mol. The van der Waals surface area contributed by atoms with E-state index in [1.54, 1.807) is 30.7 Å². The van der Waals surface area contributed by atoms with Gasteiger partial charge >= 0.3 is 5.97 Å². The van der Waals surface area contributed by atoms with Crippen molar-refractivity contribution in [2.24, 2.45) is 7.05 Å². The average molecular weight is 505 g/mol. The number of nitrogens with zero attached hydrogens (tertiary/aromatic N) is 2. The summed E-state index contributed by atoms with van der Waals surface area (Å²) in [5.74, 6) is -0.995. The third-order valence-electron chi connectivity index (χ3n) is 7.59. The van der Waals surface area contributed by atoms with Crippen LogP contribution in [-0.4, -0.2) is 27.1 Å². The molecule has 0 saturated heterocycles. The first-order valence-electron chi connectivity index (χ1n) is 13.0. The number of rotatable bonds is 4. The van der Waals surface area contributed by atoms with Crippen molar-refractivity contribution in [3.05, 3.63) is 106 Å². The van der Waals surface area contributed by atoms with E-state index in [0.29, 0.717) is 16.3 Å². The second-order valence-electron chi connectivity index (χ2n) is 9.87. The standard InChI is InChI=1S/C32H28N2O4/c1-20(30(35)34-26-18-10-8-14-22(26)23-15-9-11-19-27(23)34)38-32(37)29-28(21-12-4-3-5-13-21)24-16-6-7-17-25(24)31(36)33(29)2/h3-8,10,12-14,16-18,20H,9,11,15,19H2,1-2H3. The van der Waals surface area contributed by atoms with Crippen LogP contribution in [0, 0.1) is 0 Å². The maximum Gasteiger partial charge on any atom is 0.356 e. The van der Waals surface area contributed by atoms with Crippen LogP contribution in [0.4, 0.5) is 0 Å². The lowest BCUT2D eigenvalue weighted by Crippen LogP contribution is -2.33. The second kappa shape index (κ2) is 9.45. The Morgan fingerprint density at radius 1 is 0.816 bits per heavy atom. The van der Waals surface area contributed by atoms with Crippen molar-refractivity contribution in [2.75, 3.05) is 0 Å². The molecule has 190 valence electrons. The summed E-state index contributed by atoms with van der Waals surface area (Å²) in [6.45, 7) is 1.60. The lowest BCUT2D eigenvalue weighted by Gasteiger charge is -2.20. The van der Waals surface area contributed by atoms with Gasteiger partial charge in [-0.1, -0.05) is 66.7 Å². The summed E-state index contributed by atoms with van der Waals surface area (Å²) >= 11 is 0. The molecule has 1 atom stereocenters. The highest BCUT2D eigenvalue weighted by molar-refractivity contribution is 6.07. The molecule has 2 heterocycles. The fourth-order valence-corrected chi connectivity index (χ4v) is 5.80. The molecule has 6 nitrogen and oxygen atoms in total. The van der Waals surface area contributed by atoms with E-state index in [2.05, 4.69) is 6.07 Å². The number of carbonyl (C=O) groups is 2. The lowest BCUT2D eigenvalue weighted by atomic mass is 9.95. The largest absolute Gasteiger partial charge is 0.448 e. The summed E-state index contributed by atoms with van der Waals surface area (Å²) in [4.78, 5) is 40.8. The Hall–Kier alpha value is -4.45. The van der Waals surface area contributed by atoms with Crippen LogP contribution < -0.4 is 5.56 Å². The number of hydrogen-bond acceptors (Lipinski definition) is 4. The van der Waals surface area contributed by atoms with Crippen molar-refractivity contribution in [3.8, 4) is 11.1 Å². The molecule has 0 spiro atoms. The summed E-state index contributed by atoms with van der Waals surface area (Å²) in [6, 6.07) is 24.6. The molecule has 1 unspecified atom stereocenters. The Bertz CT molecular complexity index is 1780. The van der Waals surface area contributed by atoms with Crippen LogP contribution in [0.15, 0.2) is 83.7 Å². The van der Waals surface area contributed by atoms with E-state index in [-0.39, 0.29) is 17.2 Å². The number of esters is 1. The third-order valence-corrected chi connectivity index (χ3v) is 7.59. The molecule has 1 aliphatic rings. The van der Waals surface area contributed by atoms with Gasteiger partial charge in [-0.25, -0.2) is 4.79 Å². The van der Waals surface area contributed by atoms with Gasteiger partial charge in [0.1, 0.15) is 5.69 Å². The Morgan fingerprint density at radius 2 is 1.45 bits per heavy atom. The van der Waals surface area contributed by atoms with Crippen LogP contribution in [-0.2, 0) is 24.6 Å². The monoisotopic (exact) mass is 504 g/mol. The number of ether oxygens (including phenoxy) is 1. The second-order valence-corrected chi connectivity index (χ2v) is 9.87. The highest BCUT2D eigenvalue weighted by Crippen LogP contribution is 2.33. The first-order valence-corrected chi connectivity index (χ1v) is 13.0. The van der Waals surface area contributed by atoms with Gasteiger partial charge in [0, 0.05) is 29.1 Å². The summed E-state index contributed by atoms with van der Waals surface area (Å²) in [7, 11) is 1.57. The van der Waals surface area contributed by atoms with Crippen molar-refractivity contribution in [1.29, 1.82) is 0 Å². The zero-order valence-corrected chi connectivity index (χ0v) is 21.4. The van der Waals surface area contributed by atoms with Crippen LogP contribution in [0.5, 0.6) is 0 Å². The lowest BCUT2D eigenvalue weighted by molar-refractivity contribution is 0.0276. The summed E-state index contributed by atoms with van der Waals surface area (Å²) < 4.78 is 8.91. The van der Waals surface area contributed by atoms with Gasteiger partial charge < -0.3 is 9.30 Å². The van der Waals surface area contributed by atoms with Crippen molar-refractivity contribution in [1.82, 2.24) is 9.13 Å².